The molecule has 9 heteroatoms. The minimum atomic E-state index is -0.830. The lowest BCUT2D eigenvalue weighted by Gasteiger charge is -2.33. The van der Waals surface area contributed by atoms with Gasteiger partial charge in [-0.05, 0) is 47.7 Å². The molecule has 0 fully saturated rings. The molecule has 7 nitrogen and oxygen atoms in total. The number of aromatic nitrogens is 2. The fourth-order valence-electron chi connectivity index (χ4n) is 4.12. The summed E-state index contributed by atoms with van der Waals surface area (Å²) in [4.78, 5) is 10.9. The Hall–Kier alpha value is -2.90. The number of aryl methyl sites for hydroxylation is 1. The van der Waals surface area contributed by atoms with Gasteiger partial charge in [-0.1, -0.05) is 41.4 Å². The highest BCUT2D eigenvalue weighted by Crippen LogP contribution is 2.44. The Morgan fingerprint density at radius 2 is 2.00 bits per heavy atom. The molecule has 0 aliphatic carbocycles. The summed E-state index contributed by atoms with van der Waals surface area (Å²) in [6.07, 6.45) is 2.83. The molecule has 0 saturated heterocycles. The predicted molar refractivity (Wildman–Crippen MR) is 116 cm³/mol. The summed E-state index contributed by atoms with van der Waals surface area (Å²) in [5.74, 6) is 1.34. The average Bonchev–Trinajstić information content (AvgIpc) is 3.38. The summed E-state index contributed by atoms with van der Waals surface area (Å²) in [5, 5.41) is 18.0. The van der Waals surface area contributed by atoms with Gasteiger partial charge in [0.15, 0.2) is 11.5 Å². The Bertz CT molecular complexity index is 1160. The number of nitrogens with zero attached hydrogens (tertiary/aromatic N) is 2. The zero-order valence-electron chi connectivity index (χ0n) is 16.3. The van der Waals surface area contributed by atoms with E-state index in [0.29, 0.717) is 28.6 Å². The molecule has 0 bridgehead atoms. The van der Waals surface area contributed by atoms with E-state index in [9.17, 15) is 4.79 Å². The van der Waals surface area contributed by atoms with E-state index in [1.54, 1.807) is 6.20 Å². The molecule has 0 radical (unpaired) electrons. The van der Waals surface area contributed by atoms with E-state index in [-0.39, 0.29) is 25.3 Å². The van der Waals surface area contributed by atoms with Crippen molar-refractivity contribution in [2.45, 2.75) is 31.3 Å². The van der Waals surface area contributed by atoms with Crippen LogP contribution in [-0.2, 0) is 11.2 Å². The second-order valence-corrected chi connectivity index (χ2v) is 8.41. The van der Waals surface area contributed by atoms with Crippen molar-refractivity contribution < 1.29 is 19.4 Å². The molecule has 2 unspecified atom stereocenters. The number of carbonyl (C=O) groups is 1. The molecule has 1 aromatic heterocycles. The third-order valence-corrected chi connectivity index (χ3v) is 6.27. The second kappa shape index (κ2) is 7.98. The highest BCUT2D eigenvalue weighted by Gasteiger charge is 2.32. The number of rotatable bonds is 5. The van der Waals surface area contributed by atoms with Crippen LogP contribution in [0.1, 0.15) is 41.6 Å². The van der Waals surface area contributed by atoms with Crippen LogP contribution in [0.15, 0.2) is 42.6 Å². The molecule has 31 heavy (non-hydrogen) atoms. The van der Waals surface area contributed by atoms with Gasteiger partial charge in [0.25, 0.3) is 0 Å². The number of fused-ring (bicyclic) bond motifs is 2. The first-order valence-corrected chi connectivity index (χ1v) is 10.6. The van der Waals surface area contributed by atoms with Gasteiger partial charge in [0.2, 0.25) is 6.79 Å². The van der Waals surface area contributed by atoms with Crippen LogP contribution in [-0.4, -0.2) is 27.6 Å². The quantitative estimate of drug-likeness (QED) is 0.552. The van der Waals surface area contributed by atoms with Gasteiger partial charge in [0, 0.05) is 11.4 Å². The maximum Gasteiger partial charge on any atom is 0.303 e. The summed E-state index contributed by atoms with van der Waals surface area (Å²) in [6, 6.07) is 11.4. The van der Waals surface area contributed by atoms with Crippen molar-refractivity contribution in [3.63, 3.8) is 0 Å². The number of benzene rings is 2. The van der Waals surface area contributed by atoms with Crippen LogP contribution >= 0.6 is 23.2 Å². The van der Waals surface area contributed by atoms with E-state index in [1.165, 1.54) is 0 Å². The lowest BCUT2D eigenvalue weighted by atomic mass is 9.92. The molecular formula is C22H19Cl2N3O4. The Kier molecular flexibility index (Phi) is 5.16. The third-order valence-electron chi connectivity index (χ3n) is 5.67. The predicted octanol–water partition coefficient (Wildman–Crippen LogP) is 5.08. The average molecular weight is 460 g/mol. The number of hydrogen-bond acceptors (Lipinski definition) is 5. The number of anilines is 1. The van der Waals surface area contributed by atoms with E-state index in [2.05, 4.69) is 10.4 Å². The Labute approximate surface area is 188 Å². The monoisotopic (exact) mass is 459 g/mol. The van der Waals surface area contributed by atoms with Crippen LogP contribution in [0.25, 0.3) is 0 Å². The number of carboxylic acid groups (broad SMARTS) is 1. The summed E-state index contributed by atoms with van der Waals surface area (Å²) >= 11 is 13.0. The first kappa shape index (κ1) is 20.0. The minimum absolute atomic E-state index is 0.0678. The lowest BCUT2D eigenvalue weighted by molar-refractivity contribution is -0.136. The topological polar surface area (TPSA) is 85.6 Å². The van der Waals surface area contributed by atoms with E-state index in [4.69, 9.17) is 37.8 Å². The SMILES string of the molecule is O=C(O)CCc1ccc(C2CC(c3ccc4c(c3)OCO4)n3ncc(Cl)c3N2)c(Cl)c1. The molecule has 0 amide bonds. The van der Waals surface area contributed by atoms with Gasteiger partial charge in [-0.3, -0.25) is 4.79 Å². The number of aliphatic carboxylic acids is 1. The maximum absolute atomic E-state index is 10.9. The van der Waals surface area contributed by atoms with Gasteiger partial charge in [-0.15, -0.1) is 0 Å². The number of hydrogen-bond donors (Lipinski definition) is 2. The number of halogens is 2. The van der Waals surface area contributed by atoms with Crippen LogP contribution in [0.3, 0.4) is 0 Å². The first-order valence-electron chi connectivity index (χ1n) is 9.89. The molecule has 160 valence electrons. The van der Waals surface area contributed by atoms with Gasteiger partial charge < -0.3 is 19.9 Å². The first-order chi connectivity index (χ1) is 15.0. The van der Waals surface area contributed by atoms with Crippen LogP contribution in [0.5, 0.6) is 11.5 Å². The van der Waals surface area contributed by atoms with E-state index >= 15 is 0 Å². The molecule has 0 saturated carbocycles. The van der Waals surface area contributed by atoms with Crippen LogP contribution in [0.2, 0.25) is 10.0 Å². The number of ether oxygens (including phenoxy) is 2. The van der Waals surface area contributed by atoms with Crippen molar-refractivity contribution in [3.05, 3.63) is 69.3 Å². The van der Waals surface area contributed by atoms with Gasteiger partial charge in [-0.2, -0.15) is 5.10 Å². The van der Waals surface area contributed by atoms with Crippen molar-refractivity contribution in [1.29, 1.82) is 0 Å². The van der Waals surface area contributed by atoms with Gasteiger partial charge in [0.1, 0.15) is 10.8 Å². The van der Waals surface area contributed by atoms with Crippen molar-refractivity contribution in [2.24, 2.45) is 0 Å². The minimum Gasteiger partial charge on any atom is -0.481 e. The largest absolute Gasteiger partial charge is 0.481 e. The van der Waals surface area contributed by atoms with Crippen molar-refractivity contribution in [3.8, 4) is 11.5 Å². The van der Waals surface area contributed by atoms with Gasteiger partial charge in [-0.25, -0.2) is 4.68 Å². The zero-order valence-corrected chi connectivity index (χ0v) is 17.9. The molecule has 2 N–H and O–H groups in total. The molecule has 2 atom stereocenters. The third kappa shape index (κ3) is 3.79. The van der Waals surface area contributed by atoms with Crippen molar-refractivity contribution in [1.82, 2.24) is 9.78 Å². The highest BCUT2D eigenvalue weighted by atomic mass is 35.5. The number of carboxylic acids is 1. The standard InChI is InChI=1S/C22H19Cl2N3O4/c23-15-7-12(2-6-21(28)29)1-4-14(15)17-9-18(27-22(26-17)16(24)10-25-27)13-3-5-19-20(8-13)31-11-30-19/h1,3-5,7-8,10,17-18,26H,2,6,9,11H2,(H,28,29). The van der Waals surface area contributed by atoms with Crippen molar-refractivity contribution in [2.75, 3.05) is 12.1 Å². The molecule has 2 aliphatic rings. The van der Waals surface area contributed by atoms with Gasteiger partial charge in [0.05, 0.1) is 18.3 Å². The van der Waals surface area contributed by atoms with Crippen LogP contribution < -0.4 is 14.8 Å². The lowest BCUT2D eigenvalue weighted by Crippen LogP contribution is -2.28. The van der Waals surface area contributed by atoms with Crippen molar-refractivity contribution >= 4 is 35.0 Å². The molecule has 3 heterocycles. The maximum atomic E-state index is 10.9. The normalized spacial score (nSPS) is 19.0. The molecule has 2 aliphatic heterocycles. The fraction of sp³-hybridized carbons (Fsp3) is 0.273. The summed E-state index contributed by atoms with van der Waals surface area (Å²) in [6.45, 7) is 0.219. The molecule has 3 aromatic rings. The Morgan fingerprint density at radius 3 is 2.81 bits per heavy atom. The Balaban J connectivity index is 1.48. The number of nitrogens with one attached hydrogen (secondary N) is 1. The fourth-order valence-corrected chi connectivity index (χ4v) is 4.64. The van der Waals surface area contributed by atoms with E-state index in [1.807, 2.05) is 41.1 Å². The molecular weight excluding hydrogens is 441 g/mol. The van der Waals surface area contributed by atoms with E-state index in [0.717, 1.165) is 28.3 Å². The van der Waals surface area contributed by atoms with Crippen LogP contribution in [0.4, 0.5) is 5.82 Å². The smallest absolute Gasteiger partial charge is 0.303 e. The summed E-state index contributed by atoms with van der Waals surface area (Å²) in [7, 11) is 0. The Morgan fingerprint density at radius 1 is 1.16 bits per heavy atom. The second-order valence-electron chi connectivity index (χ2n) is 7.60. The van der Waals surface area contributed by atoms with Crippen LogP contribution in [0, 0.1) is 0 Å². The van der Waals surface area contributed by atoms with E-state index < -0.39 is 5.97 Å². The summed E-state index contributed by atoms with van der Waals surface area (Å²) in [5.41, 5.74) is 2.85. The molecule has 0 spiro atoms. The molecule has 5 rings (SSSR count). The highest BCUT2D eigenvalue weighted by molar-refractivity contribution is 6.33. The van der Waals surface area contributed by atoms with Gasteiger partial charge >= 0.3 is 5.97 Å². The molecule has 2 aromatic carbocycles. The summed E-state index contributed by atoms with van der Waals surface area (Å²) < 4.78 is 12.9. The zero-order chi connectivity index (χ0) is 21.5.